The molecule has 2 amide bonds. The van der Waals surface area contributed by atoms with Gasteiger partial charge in [-0.25, -0.2) is 0 Å². The second kappa shape index (κ2) is 9.92. The minimum absolute atomic E-state index is 0.0858. The smallest absolute Gasteiger partial charge is 0.255 e. The van der Waals surface area contributed by atoms with E-state index in [2.05, 4.69) is 39.8 Å². The molecule has 0 spiro atoms. The fourth-order valence-corrected chi connectivity index (χ4v) is 4.94. The van der Waals surface area contributed by atoms with E-state index in [9.17, 15) is 9.59 Å². The molecule has 32 heavy (non-hydrogen) atoms. The molecule has 0 bridgehead atoms. The van der Waals surface area contributed by atoms with Gasteiger partial charge in [0, 0.05) is 37.7 Å². The predicted octanol–water partition coefficient (Wildman–Crippen LogP) is 4.06. The third-order valence-electron chi connectivity index (χ3n) is 6.52. The van der Waals surface area contributed by atoms with Crippen LogP contribution in [0.15, 0.2) is 36.4 Å². The highest BCUT2D eigenvalue weighted by molar-refractivity contribution is 6.34. The lowest BCUT2D eigenvalue weighted by Crippen LogP contribution is -2.41. The van der Waals surface area contributed by atoms with Crippen LogP contribution in [0.25, 0.3) is 0 Å². The van der Waals surface area contributed by atoms with E-state index < -0.39 is 0 Å². The topological polar surface area (TPSA) is 70.7 Å². The van der Waals surface area contributed by atoms with Crippen molar-refractivity contribution in [1.29, 1.82) is 0 Å². The van der Waals surface area contributed by atoms with Gasteiger partial charge in [0.05, 0.1) is 23.4 Å². The van der Waals surface area contributed by atoms with Crippen molar-refractivity contribution in [2.45, 2.75) is 51.1 Å². The lowest BCUT2D eigenvalue weighted by molar-refractivity contribution is -0.115. The van der Waals surface area contributed by atoms with Crippen molar-refractivity contribution >= 4 is 29.1 Å². The van der Waals surface area contributed by atoms with E-state index in [0.29, 0.717) is 34.5 Å². The monoisotopic (exact) mass is 455 g/mol. The van der Waals surface area contributed by atoms with Crippen molar-refractivity contribution < 1.29 is 14.3 Å². The molecule has 170 valence electrons. The molecule has 0 aromatic heterocycles. The maximum atomic E-state index is 13.0. The van der Waals surface area contributed by atoms with Crippen LogP contribution in [0.4, 0.5) is 5.69 Å². The number of likely N-dealkylation sites (tertiary alicyclic amines) is 1. The number of carbonyl (C=O) groups is 2. The molecule has 1 heterocycles. The van der Waals surface area contributed by atoms with Crippen LogP contribution in [0.5, 0.6) is 5.75 Å². The number of anilines is 1. The lowest BCUT2D eigenvalue weighted by Gasteiger charge is -2.32. The van der Waals surface area contributed by atoms with Crippen molar-refractivity contribution in [3.05, 3.63) is 58.1 Å². The zero-order chi connectivity index (χ0) is 22.7. The Balaban J connectivity index is 1.39. The first-order valence-electron chi connectivity index (χ1n) is 11.3. The summed E-state index contributed by atoms with van der Waals surface area (Å²) in [4.78, 5) is 27.2. The van der Waals surface area contributed by atoms with E-state index >= 15 is 0 Å². The second-order valence-electron chi connectivity index (χ2n) is 8.55. The number of aryl methyl sites for hydroxylation is 1. The number of nitrogens with one attached hydrogen (secondary N) is 2. The van der Waals surface area contributed by atoms with Gasteiger partial charge in [-0.05, 0) is 42.9 Å². The number of hydrogen-bond donors (Lipinski definition) is 2. The Hall–Kier alpha value is -2.57. The number of nitrogens with zero attached hydrogens (tertiary/aromatic N) is 1. The summed E-state index contributed by atoms with van der Waals surface area (Å²) >= 11 is 6.33. The summed E-state index contributed by atoms with van der Waals surface area (Å²) in [5.41, 5.74) is 3.73. The number of ether oxygens (including phenoxy) is 1. The van der Waals surface area contributed by atoms with Gasteiger partial charge in [0.1, 0.15) is 5.75 Å². The fraction of sp³-hybridized carbons (Fsp3) is 0.440. The number of fused-ring (bicyclic) bond motifs is 1. The molecule has 6 nitrogen and oxygen atoms in total. The van der Waals surface area contributed by atoms with Gasteiger partial charge in [0.25, 0.3) is 5.91 Å². The van der Waals surface area contributed by atoms with E-state index in [-0.39, 0.29) is 17.9 Å². The predicted molar refractivity (Wildman–Crippen MR) is 127 cm³/mol. The summed E-state index contributed by atoms with van der Waals surface area (Å²) in [5, 5.41) is 6.20. The summed E-state index contributed by atoms with van der Waals surface area (Å²) in [7, 11) is 1.50. The Morgan fingerprint density at radius 1 is 1.19 bits per heavy atom. The molecular formula is C25H30ClN3O3. The lowest BCUT2D eigenvalue weighted by atomic mass is 9.88. The standard InChI is InChI=1S/C25H30ClN3O3/c1-3-24(30)28-22-14-23(32-2)20(13-21(22)26)25(31)27-18-10-11-29(15-18)19-9-8-16-6-4-5-7-17(16)12-19/h4-7,13-14,18-19H,3,8-12,15H2,1-2H3,(H,27,31)(H,28,30)/t18-,19-/m0/s1. The number of hydrogen-bond acceptors (Lipinski definition) is 4. The highest BCUT2D eigenvalue weighted by Gasteiger charge is 2.31. The van der Waals surface area contributed by atoms with Crippen LogP contribution in [0.1, 0.15) is 47.7 Å². The van der Waals surface area contributed by atoms with Gasteiger partial charge in [0.15, 0.2) is 0 Å². The Labute approximate surface area is 194 Å². The quantitative estimate of drug-likeness (QED) is 0.689. The van der Waals surface area contributed by atoms with Crippen LogP contribution in [-0.2, 0) is 17.6 Å². The van der Waals surface area contributed by atoms with Crippen LogP contribution >= 0.6 is 11.6 Å². The van der Waals surface area contributed by atoms with Gasteiger partial charge in [-0.1, -0.05) is 42.8 Å². The van der Waals surface area contributed by atoms with E-state index in [4.69, 9.17) is 16.3 Å². The minimum atomic E-state index is -0.210. The molecule has 1 aliphatic heterocycles. The number of benzene rings is 2. The number of halogens is 1. The number of rotatable bonds is 6. The maximum absolute atomic E-state index is 13.0. The Morgan fingerprint density at radius 3 is 2.72 bits per heavy atom. The highest BCUT2D eigenvalue weighted by atomic mass is 35.5. The van der Waals surface area contributed by atoms with Crippen LogP contribution in [-0.4, -0.2) is 49.0 Å². The highest BCUT2D eigenvalue weighted by Crippen LogP contribution is 2.32. The van der Waals surface area contributed by atoms with Crippen molar-refractivity contribution in [2.24, 2.45) is 0 Å². The van der Waals surface area contributed by atoms with Gasteiger partial charge >= 0.3 is 0 Å². The molecule has 1 fully saturated rings. The molecule has 1 aliphatic carbocycles. The average Bonchev–Trinajstić information content (AvgIpc) is 3.28. The van der Waals surface area contributed by atoms with Crippen molar-refractivity contribution in [3.63, 3.8) is 0 Å². The molecule has 0 saturated carbocycles. The summed E-state index contributed by atoms with van der Waals surface area (Å²) in [6.45, 7) is 3.59. The number of amides is 2. The summed E-state index contributed by atoms with van der Waals surface area (Å²) in [6, 6.07) is 12.5. The molecule has 0 radical (unpaired) electrons. The maximum Gasteiger partial charge on any atom is 0.255 e. The zero-order valence-corrected chi connectivity index (χ0v) is 19.4. The van der Waals surface area contributed by atoms with Gasteiger partial charge in [-0.15, -0.1) is 0 Å². The second-order valence-corrected chi connectivity index (χ2v) is 8.96. The molecule has 4 rings (SSSR count). The van der Waals surface area contributed by atoms with Crippen LogP contribution in [0, 0.1) is 0 Å². The van der Waals surface area contributed by atoms with E-state index in [1.807, 2.05) is 0 Å². The largest absolute Gasteiger partial charge is 0.496 e. The number of methoxy groups -OCH3 is 1. The van der Waals surface area contributed by atoms with Crippen molar-refractivity contribution in [2.75, 3.05) is 25.5 Å². The van der Waals surface area contributed by atoms with Crippen LogP contribution in [0.2, 0.25) is 5.02 Å². The molecule has 1 saturated heterocycles. The van der Waals surface area contributed by atoms with E-state index in [1.54, 1.807) is 19.1 Å². The third kappa shape index (κ3) is 4.92. The Morgan fingerprint density at radius 2 is 1.97 bits per heavy atom. The molecule has 7 heteroatoms. The van der Waals surface area contributed by atoms with Gasteiger partial charge < -0.3 is 15.4 Å². The normalized spacial score (nSPS) is 20.5. The molecule has 2 aliphatic rings. The van der Waals surface area contributed by atoms with Gasteiger partial charge in [-0.2, -0.15) is 0 Å². The molecule has 2 aromatic rings. The fourth-order valence-electron chi connectivity index (χ4n) is 4.72. The first-order valence-corrected chi connectivity index (χ1v) is 11.6. The van der Waals surface area contributed by atoms with Crippen molar-refractivity contribution in [3.8, 4) is 5.75 Å². The van der Waals surface area contributed by atoms with Crippen LogP contribution in [0.3, 0.4) is 0 Å². The molecule has 0 unspecified atom stereocenters. The molecule has 2 atom stereocenters. The van der Waals surface area contributed by atoms with Crippen molar-refractivity contribution in [1.82, 2.24) is 10.2 Å². The average molecular weight is 456 g/mol. The Bertz CT molecular complexity index is 1010. The minimum Gasteiger partial charge on any atom is -0.496 e. The molecule has 2 aromatic carbocycles. The summed E-state index contributed by atoms with van der Waals surface area (Å²) < 4.78 is 5.41. The molecule has 2 N–H and O–H groups in total. The summed E-state index contributed by atoms with van der Waals surface area (Å²) in [5.74, 6) is 0.0255. The first-order chi connectivity index (χ1) is 15.5. The first kappa shape index (κ1) is 22.6. The number of carbonyl (C=O) groups excluding carboxylic acids is 2. The van der Waals surface area contributed by atoms with Crippen LogP contribution < -0.4 is 15.4 Å². The third-order valence-corrected chi connectivity index (χ3v) is 6.83. The van der Waals surface area contributed by atoms with E-state index in [0.717, 1.165) is 38.8 Å². The zero-order valence-electron chi connectivity index (χ0n) is 18.6. The van der Waals surface area contributed by atoms with Gasteiger partial charge in [-0.3, -0.25) is 14.5 Å². The SMILES string of the molecule is CCC(=O)Nc1cc(OC)c(C(=O)N[C@H]2CCN([C@H]3CCc4ccccc4C3)C2)cc1Cl. The van der Waals surface area contributed by atoms with Gasteiger partial charge in [0.2, 0.25) is 5.91 Å². The van der Waals surface area contributed by atoms with E-state index in [1.165, 1.54) is 18.2 Å². The molecular weight excluding hydrogens is 426 g/mol. The summed E-state index contributed by atoms with van der Waals surface area (Å²) in [6.07, 6.45) is 4.61. The Kier molecular flexibility index (Phi) is 7.01.